The van der Waals surface area contributed by atoms with Crippen molar-refractivity contribution in [1.29, 1.82) is 0 Å². The van der Waals surface area contributed by atoms with E-state index in [2.05, 4.69) is 11.3 Å². The molecule has 0 aliphatic heterocycles. The third-order valence-corrected chi connectivity index (χ3v) is 0.563. The first-order chi connectivity index (χ1) is 3.68. The molecule has 0 aromatic rings. The lowest BCUT2D eigenvalue weighted by atomic mass is 10.4. The van der Waals surface area contributed by atoms with Gasteiger partial charge in [0.05, 0.1) is 6.61 Å². The molecular formula is C6H8O2. The van der Waals surface area contributed by atoms with E-state index in [4.69, 9.17) is 6.92 Å². The number of carbonyl (C=O) groups is 1. The molecule has 44 valence electrons. The normalized spacial score (nSPS) is 8.25. The molecule has 0 rings (SSSR count). The molecule has 0 amide bonds. The van der Waals surface area contributed by atoms with Gasteiger partial charge in [0.2, 0.25) is 0 Å². The fourth-order valence-corrected chi connectivity index (χ4v) is 0.199. The van der Waals surface area contributed by atoms with Crippen molar-refractivity contribution in [2.24, 2.45) is 0 Å². The lowest BCUT2D eigenvalue weighted by molar-refractivity contribution is -0.137. The minimum atomic E-state index is -0.438. The second-order valence-corrected chi connectivity index (χ2v) is 1.38. The van der Waals surface area contributed by atoms with Crippen LogP contribution in [0.4, 0.5) is 0 Å². The molecule has 2 radical (unpaired) electrons. The molecule has 0 saturated carbocycles. The molecule has 0 aromatic carbocycles. The molecule has 0 spiro atoms. The van der Waals surface area contributed by atoms with Gasteiger partial charge in [-0.15, -0.1) is 0 Å². The van der Waals surface area contributed by atoms with Crippen LogP contribution in [-0.4, -0.2) is 12.6 Å². The van der Waals surface area contributed by atoms with Crippen LogP contribution in [0.3, 0.4) is 0 Å². The third-order valence-electron chi connectivity index (χ3n) is 0.563. The van der Waals surface area contributed by atoms with Crippen LogP contribution in [0, 0.1) is 6.92 Å². The Balaban J connectivity index is 3.49. The van der Waals surface area contributed by atoms with Crippen molar-refractivity contribution in [1.82, 2.24) is 0 Å². The van der Waals surface area contributed by atoms with Gasteiger partial charge >= 0.3 is 5.97 Å². The van der Waals surface area contributed by atoms with Gasteiger partial charge in [-0.3, -0.25) is 0 Å². The summed E-state index contributed by atoms with van der Waals surface area (Å²) in [6.07, 6.45) is 0. The highest BCUT2D eigenvalue weighted by atomic mass is 16.5. The molecule has 0 aliphatic carbocycles. The molecular weight excluding hydrogens is 104 g/mol. The van der Waals surface area contributed by atoms with Crippen molar-refractivity contribution >= 4 is 5.97 Å². The Hall–Kier alpha value is -0.790. The number of ether oxygens (including phenoxy) is 1. The summed E-state index contributed by atoms with van der Waals surface area (Å²) in [6, 6.07) is 0. The van der Waals surface area contributed by atoms with Crippen LogP contribution in [-0.2, 0) is 9.53 Å². The van der Waals surface area contributed by atoms with E-state index in [0.717, 1.165) is 0 Å². The Morgan fingerprint density at radius 2 is 2.38 bits per heavy atom. The van der Waals surface area contributed by atoms with E-state index < -0.39 is 5.97 Å². The predicted octanol–water partition coefficient (Wildman–Crippen LogP) is 0.817. The third kappa shape index (κ3) is 2.39. The summed E-state index contributed by atoms with van der Waals surface area (Å²) >= 11 is 0. The lowest BCUT2D eigenvalue weighted by Gasteiger charge is -1.96. The van der Waals surface area contributed by atoms with Crippen molar-refractivity contribution in [2.75, 3.05) is 6.61 Å². The van der Waals surface area contributed by atoms with Gasteiger partial charge in [0.1, 0.15) is 0 Å². The summed E-state index contributed by atoms with van der Waals surface area (Å²) in [7, 11) is 0. The Kier molecular flexibility index (Phi) is 2.92. The minimum absolute atomic E-state index is 0.0777. The largest absolute Gasteiger partial charge is 0.462 e. The summed E-state index contributed by atoms with van der Waals surface area (Å²) < 4.78 is 4.34. The van der Waals surface area contributed by atoms with Crippen LogP contribution < -0.4 is 0 Å². The van der Waals surface area contributed by atoms with E-state index in [9.17, 15) is 4.79 Å². The van der Waals surface area contributed by atoms with Gasteiger partial charge < -0.3 is 4.74 Å². The standard InChI is InChI=1S/C6H8O2/c1-4-8-6(7)5(2)3/h1H,2,4H2,3H3. The minimum Gasteiger partial charge on any atom is -0.462 e. The first kappa shape index (κ1) is 7.21. The van der Waals surface area contributed by atoms with Crippen LogP contribution in [0.25, 0.3) is 0 Å². The monoisotopic (exact) mass is 112 g/mol. The molecule has 0 atom stereocenters. The van der Waals surface area contributed by atoms with Crippen LogP contribution in [0.15, 0.2) is 12.2 Å². The number of hydrogen-bond acceptors (Lipinski definition) is 2. The molecule has 0 aromatic heterocycles. The topological polar surface area (TPSA) is 26.3 Å². The molecule has 0 bridgehead atoms. The first-order valence-electron chi connectivity index (χ1n) is 2.21. The molecule has 0 N–H and O–H groups in total. The van der Waals surface area contributed by atoms with E-state index >= 15 is 0 Å². The van der Waals surface area contributed by atoms with Crippen molar-refractivity contribution in [3.8, 4) is 0 Å². The maximum Gasteiger partial charge on any atom is 0.333 e. The van der Waals surface area contributed by atoms with E-state index in [1.807, 2.05) is 0 Å². The predicted molar refractivity (Wildman–Crippen MR) is 30.1 cm³/mol. The van der Waals surface area contributed by atoms with E-state index in [0.29, 0.717) is 5.57 Å². The van der Waals surface area contributed by atoms with E-state index in [-0.39, 0.29) is 6.61 Å². The average molecular weight is 112 g/mol. The molecule has 0 fully saturated rings. The van der Waals surface area contributed by atoms with Crippen molar-refractivity contribution in [3.05, 3.63) is 19.1 Å². The van der Waals surface area contributed by atoms with E-state index in [1.54, 1.807) is 6.92 Å². The average Bonchev–Trinajstić information content (AvgIpc) is 1.67. The Bertz CT molecular complexity index is 105. The van der Waals surface area contributed by atoms with E-state index in [1.165, 1.54) is 0 Å². The van der Waals surface area contributed by atoms with Crippen LogP contribution in [0.2, 0.25) is 0 Å². The molecule has 8 heavy (non-hydrogen) atoms. The lowest BCUT2D eigenvalue weighted by Crippen LogP contribution is -2.03. The zero-order valence-electron chi connectivity index (χ0n) is 4.81. The summed E-state index contributed by atoms with van der Waals surface area (Å²) in [4.78, 5) is 10.3. The summed E-state index contributed by atoms with van der Waals surface area (Å²) in [5.74, 6) is -0.438. The molecule has 0 unspecified atom stereocenters. The zero-order valence-corrected chi connectivity index (χ0v) is 4.81. The second-order valence-electron chi connectivity index (χ2n) is 1.38. The van der Waals surface area contributed by atoms with Gasteiger partial charge in [-0.2, -0.15) is 0 Å². The van der Waals surface area contributed by atoms with Gasteiger partial charge in [-0.1, -0.05) is 6.58 Å². The molecule has 0 aliphatic rings. The number of hydrogen-bond donors (Lipinski definition) is 0. The van der Waals surface area contributed by atoms with Crippen molar-refractivity contribution in [3.63, 3.8) is 0 Å². The van der Waals surface area contributed by atoms with Gasteiger partial charge in [-0.05, 0) is 6.92 Å². The van der Waals surface area contributed by atoms with Crippen LogP contribution in [0.1, 0.15) is 6.92 Å². The number of rotatable bonds is 2. The highest BCUT2D eigenvalue weighted by Gasteiger charge is 1.98. The van der Waals surface area contributed by atoms with Gasteiger partial charge in [-0.25, -0.2) is 4.79 Å². The Morgan fingerprint density at radius 3 is 2.50 bits per heavy atom. The summed E-state index contributed by atoms with van der Waals surface area (Å²) in [6.45, 7) is 9.72. The maximum absolute atomic E-state index is 10.3. The Labute approximate surface area is 49.1 Å². The summed E-state index contributed by atoms with van der Waals surface area (Å²) in [5, 5.41) is 0. The molecule has 0 saturated heterocycles. The fourth-order valence-electron chi connectivity index (χ4n) is 0.199. The highest BCUT2D eigenvalue weighted by molar-refractivity contribution is 5.86. The Morgan fingerprint density at radius 1 is 1.88 bits per heavy atom. The SMILES string of the molecule is [CH]COC(=O)C(=C)C. The smallest absolute Gasteiger partial charge is 0.333 e. The first-order valence-corrected chi connectivity index (χ1v) is 2.21. The second kappa shape index (κ2) is 3.24. The molecule has 2 heteroatoms. The van der Waals surface area contributed by atoms with Gasteiger partial charge in [0, 0.05) is 12.5 Å². The van der Waals surface area contributed by atoms with Crippen molar-refractivity contribution < 1.29 is 9.53 Å². The maximum atomic E-state index is 10.3. The van der Waals surface area contributed by atoms with Crippen LogP contribution >= 0.6 is 0 Å². The zero-order chi connectivity index (χ0) is 6.57. The highest BCUT2D eigenvalue weighted by Crippen LogP contribution is 1.89. The quantitative estimate of drug-likeness (QED) is 0.390. The number of carbonyl (C=O) groups excluding carboxylic acids is 1. The van der Waals surface area contributed by atoms with Gasteiger partial charge in [0.25, 0.3) is 0 Å². The molecule has 0 heterocycles. The van der Waals surface area contributed by atoms with Crippen LogP contribution in [0.5, 0.6) is 0 Å². The van der Waals surface area contributed by atoms with Crippen molar-refractivity contribution in [2.45, 2.75) is 6.92 Å². The molecule has 2 nitrogen and oxygen atoms in total. The van der Waals surface area contributed by atoms with Gasteiger partial charge in [0.15, 0.2) is 0 Å². The fraction of sp³-hybridized carbons (Fsp3) is 0.333. The number of esters is 1. The summed E-state index contributed by atoms with van der Waals surface area (Å²) in [5.41, 5.74) is 0.371.